The molecule has 1 fully saturated rings. The Bertz CT molecular complexity index is 1620. The second-order valence-electron chi connectivity index (χ2n) is 11.3. The van der Waals surface area contributed by atoms with E-state index in [1.165, 1.54) is 0 Å². The van der Waals surface area contributed by atoms with Crippen LogP contribution in [0.5, 0.6) is 0 Å². The SMILES string of the molecule is CCCCC1C(c2ccccc2)C(C(=O)c2ccccc2)C2(C(=O)Nc3ccccc32)N1C(=O)Nc1cccc(C)c1. The van der Waals surface area contributed by atoms with Crippen LogP contribution in [0, 0.1) is 12.8 Å². The quantitative estimate of drug-likeness (QED) is 0.231. The molecule has 1 saturated heterocycles. The monoisotopic (exact) mass is 557 g/mol. The van der Waals surface area contributed by atoms with Gasteiger partial charge in [-0.25, -0.2) is 4.79 Å². The first-order valence-corrected chi connectivity index (χ1v) is 14.7. The van der Waals surface area contributed by atoms with Crippen LogP contribution < -0.4 is 10.6 Å². The molecule has 0 bridgehead atoms. The Labute approximate surface area is 246 Å². The molecular formula is C36H35N3O3. The van der Waals surface area contributed by atoms with Crippen molar-refractivity contribution in [2.75, 3.05) is 10.6 Å². The molecule has 2 N–H and O–H groups in total. The summed E-state index contributed by atoms with van der Waals surface area (Å²) in [5.74, 6) is -1.76. The van der Waals surface area contributed by atoms with Crippen LogP contribution in [-0.4, -0.2) is 28.7 Å². The third-order valence-corrected chi connectivity index (χ3v) is 8.73. The maximum atomic E-state index is 14.8. The number of benzene rings is 4. The number of nitrogens with one attached hydrogen (secondary N) is 2. The predicted molar refractivity (Wildman–Crippen MR) is 166 cm³/mol. The number of urea groups is 1. The van der Waals surface area contributed by atoms with E-state index in [9.17, 15) is 14.4 Å². The number of nitrogens with zero attached hydrogens (tertiary/aromatic N) is 1. The van der Waals surface area contributed by atoms with E-state index in [-0.39, 0.29) is 11.7 Å². The molecular weight excluding hydrogens is 522 g/mol. The number of para-hydroxylation sites is 1. The topological polar surface area (TPSA) is 78.5 Å². The zero-order valence-electron chi connectivity index (χ0n) is 23.9. The van der Waals surface area contributed by atoms with Crippen LogP contribution in [0.25, 0.3) is 0 Å². The predicted octanol–water partition coefficient (Wildman–Crippen LogP) is 7.53. The number of aryl methyl sites for hydroxylation is 1. The first kappa shape index (κ1) is 27.5. The van der Waals surface area contributed by atoms with Crippen molar-refractivity contribution >= 4 is 29.1 Å². The number of rotatable bonds is 7. The summed E-state index contributed by atoms with van der Waals surface area (Å²) in [5.41, 5.74) is 2.86. The molecule has 2 heterocycles. The van der Waals surface area contributed by atoms with Gasteiger partial charge in [0, 0.05) is 34.5 Å². The smallest absolute Gasteiger partial charge is 0.323 e. The Kier molecular flexibility index (Phi) is 7.38. The highest BCUT2D eigenvalue weighted by atomic mass is 16.2. The number of ketones is 1. The summed E-state index contributed by atoms with van der Waals surface area (Å²) in [4.78, 5) is 45.7. The Morgan fingerprint density at radius 3 is 2.29 bits per heavy atom. The summed E-state index contributed by atoms with van der Waals surface area (Å²) in [6, 6.07) is 33.3. The molecule has 6 rings (SSSR count). The van der Waals surface area contributed by atoms with Crippen LogP contribution in [0.1, 0.15) is 59.2 Å². The standard InChI is InChI=1S/C36H35N3O3/c1-3-4-22-30-31(25-15-7-5-8-16-25)32(33(40)26-17-9-6-10-18-26)36(28-20-11-12-21-29(28)38-34(36)41)39(30)35(42)37-27-19-13-14-24(2)23-27/h5-21,23,30-32H,3-4,22H2,1-2H3,(H,37,42)(H,38,41). The van der Waals surface area contributed by atoms with Gasteiger partial charge in [0.25, 0.3) is 5.91 Å². The van der Waals surface area contributed by atoms with Gasteiger partial charge in [-0.2, -0.15) is 0 Å². The lowest BCUT2D eigenvalue weighted by atomic mass is 9.69. The molecule has 0 radical (unpaired) electrons. The van der Waals surface area contributed by atoms with Crippen LogP contribution in [0.3, 0.4) is 0 Å². The van der Waals surface area contributed by atoms with E-state index in [0.29, 0.717) is 28.9 Å². The van der Waals surface area contributed by atoms with E-state index in [4.69, 9.17) is 0 Å². The van der Waals surface area contributed by atoms with Gasteiger partial charge < -0.3 is 15.5 Å². The van der Waals surface area contributed by atoms with Crippen LogP contribution in [0.2, 0.25) is 0 Å². The number of carbonyl (C=O) groups is 3. The Balaban J connectivity index is 1.63. The van der Waals surface area contributed by atoms with Gasteiger partial charge >= 0.3 is 6.03 Å². The normalized spacial score (nSPS) is 22.6. The zero-order valence-corrected chi connectivity index (χ0v) is 23.9. The van der Waals surface area contributed by atoms with Gasteiger partial charge in [0.05, 0.1) is 5.92 Å². The van der Waals surface area contributed by atoms with E-state index >= 15 is 0 Å². The molecule has 2 aliphatic rings. The molecule has 4 unspecified atom stereocenters. The van der Waals surface area contributed by atoms with Gasteiger partial charge in [-0.1, -0.05) is 111 Å². The van der Waals surface area contributed by atoms with Crippen LogP contribution in [0.4, 0.5) is 16.2 Å². The number of hydrogen-bond donors (Lipinski definition) is 2. The van der Waals surface area contributed by atoms with Crippen molar-refractivity contribution in [2.45, 2.75) is 50.6 Å². The average Bonchev–Trinajstić information content (AvgIpc) is 3.48. The summed E-state index contributed by atoms with van der Waals surface area (Å²) in [7, 11) is 0. The third kappa shape index (κ3) is 4.48. The molecule has 3 amide bonds. The first-order valence-electron chi connectivity index (χ1n) is 14.7. The maximum Gasteiger partial charge on any atom is 0.323 e. The minimum atomic E-state index is -1.55. The lowest BCUT2D eigenvalue weighted by Gasteiger charge is -2.39. The van der Waals surface area contributed by atoms with Crippen molar-refractivity contribution in [1.82, 2.24) is 4.90 Å². The summed E-state index contributed by atoms with van der Waals surface area (Å²) >= 11 is 0. The van der Waals surface area contributed by atoms with E-state index in [1.54, 1.807) is 17.0 Å². The molecule has 0 saturated carbocycles. The van der Waals surface area contributed by atoms with Gasteiger partial charge in [-0.05, 0) is 42.7 Å². The van der Waals surface area contributed by atoms with E-state index in [2.05, 4.69) is 17.6 Å². The molecule has 6 nitrogen and oxygen atoms in total. The molecule has 6 heteroatoms. The van der Waals surface area contributed by atoms with Crippen LogP contribution >= 0.6 is 0 Å². The van der Waals surface area contributed by atoms with E-state index in [0.717, 1.165) is 24.0 Å². The Morgan fingerprint density at radius 1 is 0.881 bits per heavy atom. The molecule has 0 aromatic heterocycles. The molecule has 2 aliphatic heterocycles. The Morgan fingerprint density at radius 2 is 1.57 bits per heavy atom. The van der Waals surface area contributed by atoms with Crippen LogP contribution in [0.15, 0.2) is 109 Å². The fourth-order valence-corrected chi connectivity index (χ4v) is 7.03. The highest BCUT2D eigenvalue weighted by molar-refractivity contribution is 6.14. The summed E-state index contributed by atoms with van der Waals surface area (Å²) < 4.78 is 0. The number of likely N-dealkylation sites (tertiary alicyclic amines) is 1. The minimum Gasteiger partial charge on any atom is -0.323 e. The number of unbranched alkanes of at least 4 members (excludes halogenated alkanes) is 1. The molecule has 1 spiro atoms. The summed E-state index contributed by atoms with van der Waals surface area (Å²) in [6.45, 7) is 4.08. The lowest BCUT2D eigenvalue weighted by Crippen LogP contribution is -2.57. The lowest BCUT2D eigenvalue weighted by molar-refractivity contribution is -0.126. The molecule has 42 heavy (non-hydrogen) atoms. The second kappa shape index (κ2) is 11.3. The number of anilines is 2. The number of fused-ring (bicyclic) bond motifs is 2. The number of Topliss-reactive ketones (excluding diaryl/α,β-unsaturated/α-hetero) is 1. The van der Waals surface area contributed by atoms with Gasteiger partial charge in [0.15, 0.2) is 11.3 Å². The molecule has 4 aromatic rings. The fraction of sp³-hybridized carbons (Fsp3) is 0.250. The molecule has 0 aliphatic carbocycles. The molecule has 4 atom stereocenters. The first-order chi connectivity index (χ1) is 20.5. The van der Waals surface area contributed by atoms with Crippen molar-refractivity contribution in [3.8, 4) is 0 Å². The zero-order chi connectivity index (χ0) is 29.3. The third-order valence-electron chi connectivity index (χ3n) is 8.73. The number of hydrogen-bond acceptors (Lipinski definition) is 3. The van der Waals surface area contributed by atoms with Crippen molar-refractivity contribution in [3.05, 3.63) is 131 Å². The largest absolute Gasteiger partial charge is 0.323 e. The minimum absolute atomic E-state index is 0.149. The fourth-order valence-electron chi connectivity index (χ4n) is 7.03. The summed E-state index contributed by atoms with van der Waals surface area (Å²) in [6.07, 6.45) is 2.40. The van der Waals surface area contributed by atoms with Gasteiger partial charge in [-0.3, -0.25) is 9.59 Å². The average molecular weight is 558 g/mol. The van der Waals surface area contributed by atoms with E-state index < -0.39 is 29.4 Å². The number of amides is 3. The highest BCUT2D eigenvalue weighted by Crippen LogP contribution is 2.59. The second-order valence-corrected chi connectivity index (χ2v) is 11.3. The van der Waals surface area contributed by atoms with Gasteiger partial charge in [0.2, 0.25) is 0 Å². The summed E-state index contributed by atoms with van der Waals surface area (Å²) in [5, 5.41) is 6.16. The molecule has 212 valence electrons. The van der Waals surface area contributed by atoms with Gasteiger partial charge in [-0.15, -0.1) is 0 Å². The van der Waals surface area contributed by atoms with Crippen molar-refractivity contribution in [3.63, 3.8) is 0 Å². The van der Waals surface area contributed by atoms with Crippen LogP contribution in [-0.2, 0) is 10.3 Å². The number of carbonyl (C=O) groups excluding carboxylic acids is 3. The van der Waals surface area contributed by atoms with Crippen molar-refractivity contribution < 1.29 is 14.4 Å². The maximum absolute atomic E-state index is 14.8. The highest BCUT2D eigenvalue weighted by Gasteiger charge is 2.70. The van der Waals surface area contributed by atoms with Crippen molar-refractivity contribution in [1.29, 1.82) is 0 Å². The molecule has 4 aromatic carbocycles. The van der Waals surface area contributed by atoms with Gasteiger partial charge in [0.1, 0.15) is 0 Å². The Hall–Kier alpha value is -4.71. The van der Waals surface area contributed by atoms with E-state index in [1.807, 2.05) is 104 Å². The van der Waals surface area contributed by atoms with Crippen molar-refractivity contribution in [2.24, 2.45) is 5.92 Å².